The quantitative estimate of drug-likeness (QED) is 0.871. The molecule has 1 heterocycles. The number of carbonyl (C=O) groups excluding carboxylic acids is 1. The van der Waals surface area contributed by atoms with Crippen LogP contribution in [0.15, 0.2) is 24.3 Å². The van der Waals surface area contributed by atoms with Gasteiger partial charge in [0.05, 0.1) is 5.41 Å². The Kier molecular flexibility index (Phi) is 3.85. The van der Waals surface area contributed by atoms with Crippen molar-refractivity contribution in [2.45, 2.75) is 25.2 Å². The van der Waals surface area contributed by atoms with Crippen molar-refractivity contribution in [3.05, 3.63) is 29.8 Å². The first-order valence-corrected chi connectivity index (χ1v) is 6.24. The zero-order valence-corrected chi connectivity index (χ0v) is 10.8. The van der Waals surface area contributed by atoms with Crippen molar-refractivity contribution in [3.63, 3.8) is 0 Å². The molecule has 1 aliphatic heterocycles. The van der Waals surface area contributed by atoms with E-state index in [0.717, 1.165) is 5.56 Å². The van der Waals surface area contributed by atoms with Gasteiger partial charge in [0.1, 0.15) is 0 Å². The molecule has 0 saturated carbocycles. The van der Waals surface area contributed by atoms with Gasteiger partial charge < -0.3 is 15.2 Å². The number of benzene rings is 1. The minimum absolute atomic E-state index is 0.147. The molecular formula is C14H17NO4. The first-order valence-electron chi connectivity index (χ1n) is 6.24. The number of anilines is 1. The Hall–Kier alpha value is -1.88. The molecule has 0 aromatic heterocycles. The van der Waals surface area contributed by atoms with Crippen molar-refractivity contribution in [2.75, 3.05) is 18.5 Å². The van der Waals surface area contributed by atoms with E-state index in [1.165, 1.54) is 6.92 Å². The maximum Gasteiger partial charge on any atom is 0.314 e. The lowest BCUT2D eigenvalue weighted by atomic mass is 9.74. The van der Waals surface area contributed by atoms with Crippen molar-refractivity contribution in [1.29, 1.82) is 0 Å². The summed E-state index contributed by atoms with van der Waals surface area (Å²) in [5, 5.41) is 12.2. The van der Waals surface area contributed by atoms with E-state index in [1.807, 2.05) is 0 Å². The smallest absolute Gasteiger partial charge is 0.314 e. The van der Waals surface area contributed by atoms with Gasteiger partial charge in [0.25, 0.3) is 0 Å². The number of hydrogen-bond acceptors (Lipinski definition) is 3. The van der Waals surface area contributed by atoms with Crippen LogP contribution in [0.3, 0.4) is 0 Å². The second-order valence-electron chi connectivity index (χ2n) is 4.76. The third-order valence-electron chi connectivity index (χ3n) is 3.51. The van der Waals surface area contributed by atoms with Gasteiger partial charge in [-0.05, 0) is 30.5 Å². The summed E-state index contributed by atoms with van der Waals surface area (Å²) in [7, 11) is 0. The minimum atomic E-state index is -0.868. The predicted molar refractivity (Wildman–Crippen MR) is 70.1 cm³/mol. The van der Waals surface area contributed by atoms with Crippen LogP contribution in [-0.4, -0.2) is 30.2 Å². The molecule has 5 nitrogen and oxygen atoms in total. The number of aliphatic carboxylic acids is 1. The van der Waals surface area contributed by atoms with Crippen LogP contribution in [0.25, 0.3) is 0 Å². The van der Waals surface area contributed by atoms with Gasteiger partial charge in [-0.15, -0.1) is 0 Å². The molecule has 0 radical (unpaired) electrons. The molecule has 2 rings (SSSR count). The van der Waals surface area contributed by atoms with Gasteiger partial charge in [0, 0.05) is 25.8 Å². The summed E-state index contributed by atoms with van der Waals surface area (Å²) in [4.78, 5) is 22.6. The normalized spacial score (nSPS) is 17.7. The molecule has 0 aliphatic carbocycles. The van der Waals surface area contributed by atoms with Gasteiger partial charge in [-0.2, -0.15) is 0 Å². The standard InChI is InChI=1S/C14H17NO4/c1-10(16)15-12-4-2-11(3-5-12)14(13(17)18)6-8-19-9-7-14/h2-5H,6-9H2,1H3,(H,15,16)(H,17,18). The molecule has 1 saturated heterocycles. The molecule has 2 N–H and O–H groups in total. The van der Waals surface area contributed by atoms with Crippen LogP contribution in [0.4, 0.5) is 5.69 Å². The molecule has 1 aromatic rings. The average molecular weight is 263 g/mol. The van der Waals surface area contributed by atoms with Crippen LogP contribution in [0.5, 0.6) is 0 Å². The molecule has 0 spiro atoms. The number of nitrogens with one attached hydrogen (secondary N) is 1. The first-order chi connectivity index (χ1) is 9.04. The topological polar surface area (TPSA) is 75.6 Å². The first kappa shape index (κ1) is 13.5. The predicted octanol–water partition coefficient (Wildman–Crippen LogP) is 1.78. The van der Waals surface area contributed by atoms with Crippen molar-refractivity contribution >= 4 is 17.6 Å². The fraction of sp³-hybridized carbons (Fsp3) is 0.429. The Morgan fingerprint density at radius 3 is 2.26 bits per heavy atom. The van der Waals surface area contributed by atoms with Crippen molar-refractivity contribution in [2.24, 2.45) is 0 Å². The molecule has 1 aromatic carbocycles. The molecule has 1 aliphatic rings. The van der Waals surface area contributed by atoms with E-state index in [0.29, 0.717) is 31.7 Å². The van der Waals surface area contributed by atoms with Crippen LogP contribution < -0.4 is 5.32 Å². The summed E-state index contributed by atoms with van der Waals surface area (Å²) in [6.07, 6.45) is 0.948. The average Bonchev–Trinajstić information content (AvgIpc) is 2.39. The lowest BCUT2D eigenvalue weighted by Crippen LogP contribution is -2.41. The van der Waals surface area contributed by atoms with Crippen LogP contribution in [0, 0.1) is 0 Å². The number of ether oxygens (including phenoxy) is 1. The van der Waals surface area contributed by atoms with Gasteiger partial charge in [0.15, 0.2) is 0 Å². The third kappa shape index (κ3) is 2.76. The van der Waals surface area contributed by atoms with E-state index in [9.17, 15) is 14.7 Å². The number of rotatable bonds is 3. The van der Waals surface area contributed by atoms with Gasteiger partial charge in [-0.25, -0.2) is 0 Å². The Morgan fingerprint density at radius 2 is 1.79 bits per heavy atom. The van der Waals surface area contributed by atoms with E-state index in [4.69, 9.17) is 4.74 Å². The molecule has 0 atom stereocenters. The Labute approximate surface area is 111 Å². The van der Waals surface area contributed by atoms with Crippen LogP contribution in [-0.2, 0) is 19.7 Å². The van der Waals surface area contributed by atoms with E-state index in [1.54, 1.807) is 24.3 Å². The molecule has 1 fully saturated rings. The summed E-state index contributed by atoms with van der Waals surface area (Å²) < 4.78 is 5.25. The number of carboxylic acid groups (broad SMARTS) is 1. The fourth-order valence-electron chi connectivity index (χ4n) is 2.42. The summed E-state index contributed by atoms with van der Waals surface area (Å²) in [5.74, 6) is -0.963. The summed E-state index contributed by atoms with van der Waals surface area (Å²) >= 11 is 0. The molecule has 0 bridgehead atoms. The Morgan fingerprint density at radius 1 is 1.21 bits per heavy atom. The lowest BCUT2D eigenvalue weighted by molar-refractivity contribution is -0.147. The van der Waals surface area contributed by atoms with Gasteiger partial charge in [-0.1, -0.05) is 12.1 Å². The lowest BCUT2D eigenvalue weighted by Gasteiger charge is -2.33. The third-order valence-corrected chi connectivity index (χ3v) is 3.51. The highest BCUT2D eigenvalue weighted by atomic mass is 16.5. The van der Waals surface area contributed by atoms with E-state index in [2.05, 4.69) is 5.32 Å². The van der Waals surface area contributed by atoms with Gasteiger partial charge in [-0.3, -0.25) is 9.59 Å². The highest BCUT2D eigenvalue weighted by molar-refractivity contribution is 5.89. The molecule has 1 amide bonds. The zero-order chi connectivity index (χ0) is 13.9. The van der Waals surface area contributed by atoms with Gasteiger partial charge in [0.2, 0.25) is 5.91 Å². The summed E-state index contributed by atoms with van der Waals surface area (Å²) in [5.41, 5.74) is 0.564. The Balaban J connectivity index is 2.27. The largest absolute Gasteiger partial charge is 0.481 e. The molecule has 0 unspecified atom stereocenters. The zero-order valence-electron chi connectivity index (χ0n) is 10.8. The maximum atomic E-state index is 11.6. The SMILES string of the molecule is CC(=O)Nc1ccc(C2(C(=O)O)CCOCC2)cc1. The molecule has 19 heavy (non-hydrogen) atoms. The monoisotopic (exact) mass is 263 g/mol. The van der Waals surface area contributed by atoms with Crippen molar-refractivity contribution in [1.82, 2.24) is 0 Å². The van der Waals surface area contributed by atoms with E-state index in [-0.39, 0.29) is 5.91 Å². The fourth-order valence-corrected chi connectivity index (χ4v) is 2.42. The number of amides is 1. The van der Waals surface area contributed by atoms with Crippen LogP contribution >= 0.6 is 0 Å². The van der Waals surface area contributed by atoms with Gasteiger partial charge >= 0.3 is 5.97 Å². The number of hydrogen-bond donors (Lipinski definition) is 2. The highest BCUT2D eigenvalue weighted by Crippen LogP contribution is 2.35. The summed E-state index contributed by atoms with van der Waals surface area (Å²) in [6, 6.07) is 7.00. The second-order valence-corrected chi connectivity index (χ2v) is 4.76. The maximum absolute atomic E-state index is 11.6. The molecule has 102 valence electrons. The number of carboxylic acids is 1. The summed E-state index contributed by atoms with van der Waals surface area (Å²) in [6.45, 7) is 2.35. The highest BCUT2D eigenvalue weighted by Gasteiger charge is 2.41. The number of carbonyl (C=O) groups is 2. The molecule has 5 heteroatoms. The Bertz CT molecular complexity index is 475. The van der Waals surface area contributed by atoms with Crippen molar-refractivity contribution < 1.29 is 19.4 Å². The van der Waals surface area contributed by atoms with Crippen LogP contribution in [0.2, 0.25) is 0 Å². The van der Waals surface area contributed by atoms with Crippen LogP contribution in [0.1, 0.15) is 25.3 Å². The van der Waals surface area contributed by atoms with Crippen molar-refractivity contribution in [3.8, 4) is 0 Å². The molecular weight excluding hydrogens is 246 g/mol. The van der Waals surface area contributed by atoms with E-state index < -0.39 is 11.4 Å². The minimum Gasteiger partial charge on any atom is -0.481 e. The second kappa shape index (κ2) is 5.40. The van der Waals surface area contributed by atoms with E-state index >= 15 is 0 Å².